The molecule has 0 radical (unpaired) electrons. The van der Waals surface area contributed by atoms with Crippen LogP contribution in [0.1, 0.15) is 27.7 Å². The first-order chi connectivity index (χ1) is 7.11. The van der Waals surface area contributed by atoms with Crippen LogP contribution in [-0.2, 0) is 0 Å². The lowest BCUT2D eigenvalue weighted by molar-refractivity contribution is -0.147. The minimum absolute atomic E-state index is 0.137. The number of halogens is 3. The number of nitrogens with one attached hydrogen (secondary N) is 1. The lowest BCUT2D eigenvalue weighted by Crippen LogP contribution is -2.48. The Morgan fingerprint density at radius 3 is 1.75 bits per heavy atom. The van der Waals surface area contributed by atoms with Gasteiger partial charge in [-0.1, -0.05) is 27.7 Å². The summed E-state index contributed by atoms with van der Waals surface area (Å²) in [6, 6.07) is -1.07. The minimum Gasteiger partial charge on any atom is -0.324 e. The number of hydrogen-bond donors (Lipinski definition) is 1. The Labute approximate surface area is 94.0 Å². The largest absolute Gasteiger partial charge is 0.485 e. The SMILES string of the molecule is CC(C)CN(CC(C)C)C(=O)NC(F)(F)F. The normalized spacial score (nSPS) is 12.1. The van der Waals surface area contributed by atoms with E-state index in [1.165, 1.54) is 4.90 Å². The second-order valence-corrected chi connectivity index (χ2v) is 4.62. The van der Waals surface area contributed by atoms with Crippen molar-refractivity contribution >= 4 is 6.03 Å². The smallest absolute Gasteiger partial charge is 0.324 e. The quantitative estimate of drug-likeness (QED) is 0.753. The summed E-state index contributed by atoms with van der Waals surface area (Å²) in [5.41, 5.74) is 0. The van der Waals surface area contributed by atoms with Crippen molar-refractivity contribution in [1.29, 1.82) is 0 Å². The molecule has 0 aliphatic carbocycles. The average Bonchev–Trinajstić information content (AvgIpc) is 1.97. The number of urea groups is 1. The van der Waals surface area contributed by atoms with Gasteiger partial charge in [0.2, 0.25) is 0 Å². The predicted octanol–water partition coefficient (Wildman–Crippen LogP) is 2.83. The molecule has 0 aromatic heterocycles. The first kappa shape index (κ1) is 15.1. The monoisotopic (exact) mass is 240 g/mol. The van der Waals surface area contributed by atoms with Gasteiger partial charge in [0.25, 0.3) is 0 Å². The van der Waals surface area contributed by atoms with Gasteiger partial charge in [0.1, 0.15) is 0 Å². The molecule has 1 N–H and O–H groups in total. The van der Waals surface area contributed by atoms with Crippen LogP contribution in [0.25, 0.3) is 0 Å². The Bertz CT molecular complexity index is 217. The maximum absolute atomic E-state index is 12.0. The van der Waals surface area contributed by atoms with Gasteiger partial charge in [0.15, 0.2) is 0 Å². The zero-order chi connectivity index (χ0) is 12.9. The summed E-state index contributed by atoms with van der Waals surface area (Å²) in [6.45, 7) is 8.06. The Morgan fingerprint density at radius 1 is 1.12 bits per heavy atom. The molecule has 0 aliphatic heterocycles. The molecule has 0 aromatic rings. The molecule has 0 aromatic carbocycles. The fraction of sp³-hybridized carbons (Fsp3) is 0.900. The van der Waals surface area contributed by atoms with Crippen LogP contribution in [0.3, 0.4) is 0 Å². The fourth-order valence-corrected chi connectivity index (χ4v) is 1.32. The van der Waals surface area contributed by atoms with Crippen molar-refractivity contribution in [3.63, 3.8) is 0 Å². The van der Waals surface area contributed by atoms with E-state index >= 15 is 0 Å². The molecule has 2 amide bonds. The van der Waals surface area contributed by atoms with Crippen molar-refractivity contribution < 1.29 is 18.0 Å². The summed E-state index contributed by atoms with van der Waals surface area (Å²) in [4.78, 5) is 12.5. The van der Waals surface area contributed by atoms with E-state index in [0.29, 0.717) is 13.1 Å². The van der Waals surface area contributed by atoms with Crippen molar-refractivity contribution in [2.24, 2.45) is 11.8 Å². The molecular weight excluding hydrogens is 221 g/mol. The zero-order valence-corrected chi connectivity index (χ0v) is 10.1. The Hall–Kier alpha value is -0.940. The summed E-state index contributed by atoms with van der Waals surface area (Å²) in [7, 11) is 0. The standard InChI is InChI=1S/C10H19F3N2O/c1-7(2)5-15(6-8(3)4)9(16)14-10(11,12)13/h7-8H,5-6H2,1-4H3,(H,14,16). The molecule has 0 aliphatic rings. The highest BCUT2D eigenvalue weighted by molar-refractivity contribution is 5.74. The summed E-state index contributed by atoms with van der Waals surface area (Å²) < 4.78 is 35.9. The number of rotatable bonds is 4. The highest BCUT2D eigenvalue weighted by Crippen LogP contribution is 2.12. The van der Waals surface area contributed by atoms with Gasteiger partial charge in [-0.05, 0) is 11.8 Å². The molecule has 0 heterocycles. The molecule has 0 bridgehead atoms. The fourth-order valence-electron chi connectivity index (χ4n) is 1.32. The van der Waals surface area contributed by atoms with Gasteiger partial charge < -0.3 is 4.90 Å². The number of alkyl halides is 3. The molecule has 0 fully saturated rings. The number of carbonyl (C=O) groups is 1. The second-order valence-electron chi connectivity index (χ2n) is 4.62. The summed E-state index contributed by atoms with van der Waals surface area (Å²) in [6.07, 6.45) is -4.66. The van der Waals surface area contributed by atoms with Gasteiger partial charge in [-0.25, -0.2) is 10.1 Å². The van der Waals surface area contributed by atoms with Gasteiger partial charge in [0.05, 0.1) is 0 Å². The maximum atomic E-state index is 12.0. The third kappa shape index (κ3) is 7.36. The molecule has 96 valence electrons. The molecule has 0 spiro atoms. The van der Waals surface area contributed by atoms with Crippen molar-refractivity contribution in [1.82, 2.24) is 10.2 Å². The highest BCUT2D eigenvalue weighted by Gasteiger charge is 2.32. The molecule has 6 heteroatoms. The average molecular weight is 240 g/mol. The number of nitrogens with zero attached hydrogens (tertiary/aromatic N) is 1. The van der Waals surface area contributed by atoms with Gasteiger partial charge in [-0.3, -0.25) is 0 Å². The van der Waals surface area contributed by atoms with E-state index in [-0.39, 0.29) is 11.8 Å². The van der Waals surface area contributed by atoms with Crippen LogP contribution >= 0.6 is 0 Å². The van der Waals surface area contributed by atoms with Crippen molar-refractivity contribution in [2.45, 2.75) is 34.0 Å². The molecule has 0 unspecified atom stereocenters. The lowest BCUT2D eigenvalue weighted by Gasteiger charge is -2.27. The topological polar surface area (TPSA) is 32.3 Å². The summed E-state index contributed by atoms with van der Waals surface area (Å²) in [5, 5.41) is 1.02. The first-order valence-corrected chi connectivity index (χ1v) is 5.25. The third-order valence-corrected chi connectivity index (χ3v) is 1.71. The van der Waals surface area contributed by atoms with Crippen LogP contribution in [0, 0.1) is 11.8 Å². The number of amides is 2. The molecule has 0 rings (SSSR count). The van der Waals surface area contributed by atoms with Crippen molar-refractivity contribution in [2.75, 3.05) is 13.1 Å². The second kappa shape index (κ2) is 5.96. The lowest BCUT2D eigenvalue weighted by atomic mass is 10.1. The first-order valence-electron chi connectivity index (χ1n) is 5.25. The van der Waals surface area contributed by atoms with Crippen LogP contribution < -0.4 is 5.32 Å². The van der Waals surface area contributed by atoms with Gasteiger partial charge in [-0.15, -0.1) is 0 Å². The van der Waals surface area contributed by atoms with Crippen LogP contribution in [0.2, 0.25) is 0 Å². The summed E-state index contributed by atoms with van der Waals surface area (Å²) >= 11 is 0. The number of hydrogen-bond acceptors (Lipinski definition) is 1. The minimum atomic E-state index is -4.66. The van der Waals surface area contributed by atoms with Gasteiger partial charge in [-0.2, -0.15) is 13.2 Å². The molecule has 16 heavy (non-hydrogen) atoms. The van der Waals surface area contributed by atoms with E-state index in [9.17, 15) is 18.0 Å². The molecule has 0 saturated carbocycles. The van der Waals surface area contributed by atoms with Gasteiger partial charge >= 0.3 is 12.3 Å². The molecule has 0 atom stereocenters. The maximum Gasteiger partial charge on any atom is 0.485 e. The Balaban J connectivity index is 4.44. The molecule has 0 saturated heterocycles. The van der Waals surface area contributed by atoms with Crippen LogP contribution in [0.15, 0.2) is 0 Å². The van der Waals surface area contributed by atoms with Crippen molar-refractivity contribution in [3.05, 3.63) is 0 Å². The molecule has 3 nitrogen and oxygen atoms in total. The highest BCUT2D eigenvalue weighted by atomic mass is 19.4. The summed E-state index contributed by atoms with van der Waals surface area (Å²) in [5.74, 6) is 0.274. The molecular formula is C10H19F3N2O. The predicted molar refractivity (Wildman–Crippen MR) is 55.8 cm³/mol. The van der Waals surface area contributed by atoms with Crippen LogP contribution in [0.5, 0.6) is 0 Å². The number of carbonyl (C=O) groups excluding carboxylic acids is 1. The van der Waals surface area contributed by atoms with Crippen LogP contribution in [0.4, 0.5) is 18.0 Å². The Morgan fingerprint density at radius 2 is 1.50 bits per heavy atom. The third-order valence-electron chi connectivity index (χ3n) is 1.71. The van der Waals surface area contributed by atoms with E-state index in [0.717, 1.165) is 5.32 Å². The van der Waals surface area contributed by atoms with E-state index in [1.807, 2.05) is 27.7 Å². The van der Waals surface area contributed by atoms with E-state index in [4.69, 9.17) is 0 Å². The zero-order valence-electron chi connectivity index (χ0n) is 10.1. The van der Waals surface area contributed by atoms with E-state index in [1.54, 1.807) is 0 Å². The van der Waals surface area contributed by atoms with E-state index < -0.39 is 12.3 Å². The van der Waals surface area contributed by atoms with Gasteiger partial charge in [0, 0.05) is 13.1 Å². The van der Waals surface area contributed by atoms with E-state index in [2.05, 4.69) is 0 Å². The van der Waals surface area contributed by atoms with Crippen LogP contribution in [-0.4, -0.2) is 30.3 Å². The van der Waals surface area contributed by atoms with Crippen molar-refractivity contribution in [3.8, 4) is 0 Å². The Kier molecular flexibility index (Phi) is 5.61.